The van der Waals surface area contributed by atoms with E-state index >= 15 is 0 Å². The number of phosphoric acid groups is 1. The van der Waals surface area contributed by atoms with Crippen molar-refractivity contribution in [3.63, 3.8) is 0 Å². The van der Waals surface area contributed by atoms with Gasteiger partial charge in [0.15, 0.2) is 0 Å². The lowest BCUT2D eigenvalue weighted by atomic mass is 10.0. The standard InChI is InChI=1S/C64H127N2O6P/c1-6-8-10-12-14-16-18-20-22-24-26-28-30-31-32-33-34-36-38-40-42-44-46-48-50-52-54-56-58-64(68)65-62(61-72-73(69,70)71-60-59-66(3,4)5)63(67)57-55-53-51-49-47-45-43-41-39-37-35-29-27-25-23-21-19-17-15-13-11-9-7-2/h47,49,55,57,62-63,67H,6-46,48,50-54,56,58-61H2,1-5H3,(H-,65,68,69,70)/p+1/b49-47+,57-55+. The summed E-state index contributed by atoms with van der Waals surface area (Å²) in [7, 11) is 1.57. The second kappa shape index (κ2) is 55.7. The molecule has 0 aromatic rings. The first kappa shape index (κ1) is 72.0. The first-order chi connectivity index (χ1) is 35.5. The number of aliphatic hydroxyl groups excluding tert-OH is 1. The Morgan fingerprint density at radius 2 is 0.753 bits per heavy atom. The third-order valence-corrected chi connectivity index (χ3v) is 15.9. The molecule has 0 saturated heterocycles. The van der Waals surface area contributed by atoms with E-state index in [1.807, 2.05) is 27.2 Å². The number of phosphoric ester groups is 1. The third kappa shape index (κ3) is 58.5. The molecule has 0 saturated carbocycles. The summed E-state index contributed by atoms with van der Waals surface area (Å²) in [6.45, 7) is 4.85. The van der Waals surface area contributed by atoms with Gasteiger partial charge in [0.1, 0.15) is 13.2 Å². The Balaban J connectivity index is 4.12. The molecule has 0 aromatic heterocycles. The van der Waals surface area contributed by atoms with Gasteiger partial charge in [-0.15, -0.1) is 0 Å². The lowest BCUT2D eigenvalue weighted by Crippen LogP contribution is -2.45. The van der Waals surface area contributed by atoms with Crippen LogP contribution in [0.3, 0.4) is 0 Å². The molecule has 0 rings (SSSR count). The number of carbonyl (C=O) groups is 1. The number of unbranched alkanes of at least 4 members (excludes halogenated alkanes) is 45. The number of likely N-dealkylation sites (N-methyl/N-ethyl adjacent to an activating group) is 1. The van der Waals surface area contributed by atoms with E-state index in [1.165, 1.54) is 270 Å². The number of nitrogens with zero attached hydrogens (tertiary/aromatic N) is 1. The summed E-state index contributed by atoms with van der Waals surface area (Å²) in [5.41, 5.74) is 0. The van der Waals surface area contributed by atoms with Crippen molar-refractivity contribution in [3.8, 4) is 0 Å². The fraction of sp³-hybridized carbons (Fsp3) is 0.922. The normalized spacial score (nSPS) is 13.9. The molecule has 0 aliphatic carbocycles. The van der Waals surface area contributed by atoms with Crippen molar-refractivity contribution in [3.05, 3.63) is 24.3 Å². The van der Waals surface area contributed by atoms with Crippen LogP contribution in [0.25, 0.3) is 0 Å². The fourth-order valence-corrected chi connectivity index (χ4v) is 10.6. The molecule has 8 nitrogen and oxygen atoms in total. The van der Waals surface area contributed by atoms with Gasteiger partial charge in [-0.3, -0.25) is 13.8 Å². The van der Waals surface area contributed by atoms with Gasteiger partial charge in [-0.1, -0.05) is 314 Å². The van der Waals surface area contributed by atoms with E-state index in [2.05, 4.69) is 31.3 Å². The predicted octanol–water partition coefficient (Wildman–Crippen LogP) is 19.9. The monoisotopic (exact) mass is 1050 g/mol. The van der Waals surface area contributed by atoms with E-state index in [9.17, 15) is 19.4 Å². The van der Waals surface area contributed by atoms with Crippen LogP contribution in [-0.4, -0.2) is 73.4 Å². The molecule has 0 spiro atoms. The van der Waals surface area contributed by atoms with E-state index in [-0.39, 0.29) is 19.1 Å². The maximum atomic E-state index is 13.0. The van der Waals surface area contributed by atoms with Gasteiger partial charge in [0.25, 0.3) is 0 Å². The van der Waals surface area contributed by atoms with Crippen molar-refractivity contribution in [2.75, 3.05) is 40.9 Å². The molecule has 0 heterocycles. The van der Waals surface area contributed by atoms with Crippen LogP contribution in [-0.2, 0) is 18.4 Å². The maximum Gasteiger partial charge on any atom is 0.472 e. The van der Waals surface area contributed by atoms with Gasteiger partial charge in [-0.05, 0) is 32.1 Å². The molecule has 0 aliphatic rings. The van der Waals surface area contributed by atoms with Crippen LogP contribution in [0.2, 0.25) is 0 Å². The van der Waals surface area contributed by atoms with Gasteiger partial charge < -0.3 is 19.8 Å². The first-order valence-corrected chi connectivity index (χ1v) is 33.7. The van der Waals surface area contributed by atoms with Crippen molar-refractivity contribution in [2.45, 2.75) is 341 Å². The minimum atomic E-state index is -4.36. The quantitative estimate of drug-likeness (QED) is 0.0243. The second-order valence-corrected chi connectivity index (χ2v) is 24.9. The molecule has 434 valence electrons. The number of carbonyl (C=O) groups excluding carboxylic acids is 1. The first-order valence-electron chi connectivity index (χ1n) is 32.2. The highest BCUT2D eigenvalue weighted by Gasteiger charge is 2.27. The summed E-state index contributed by atoms with van der Waals surface area (Å²) in [5.74, 6) is -0.179. The van der Waals surface area contributed by atoms with E-state index in [0.717, 1.165) is 38.5 Å². The molecule has 3 atom stereocenters. The highest BCUT2D eigenvalue weighted by Crippen LogP contribution is 2.43. The molecule has 73 heavy (non-hydrogen) atoms. The van der Waals surface area contributed by atoms with Crippen molar-refractivity contribution in [1.82, 2.24) is 5.32 Å². The van der Waals surface area contributed by atoms with Gasteiger partial charge in [-0.25, -0.2) is 4.57 Å². The zero-order chi connectivity index (χ0) is 53.5. The molecule has 0 radical (unpaired) electrons. The summed E-state index contributed by atoms with van der Waals surface area (Å²) in [5, 5.41) is 14.0. The number of hydrogen-bond acceptors (Lipinski definition) is 5. The molecular weight excluding hydrogens is 924 g/mol. The molecule has 9 heteroatoms. The van der Waals surface area contributed by atoms with Crippen LogP contribution in [0.5, 0.6) is 0 Å². The van der Waals surface area contributed by atoms with Crippen molar-refractivity contribution < 1.29 is 32.9 Å². The number of rotatable bonds is 60. The minimum absolute atomic E-state index is 0.0590. The summed E-state index contributed by atoms with van der Waals surface area (Å²) < 4.78 is 23.8. The summed E-state index contributed by atoms with van der Waals surface area (Å²) in [4.78, 5) is 23.4. The highest BCUT2D eigenvalue weighted by molar-refractivity contribution is 7.47. The van der Waals surface area contributed by atoms with Crippen LogP contribution in [0.15, 0.2) is 24.3 Å². The molecule has 3 unspecified atom stereocenters. The van der Waals surface area contributed by atoms with Crippen LogP contribution in [0, 0.1) is 0 Å². The zero-order valence-corrected chi connectivity index (χ0v) is 50.5. The number of amides is 1. The van der Waals surface area contributed by atoms with Gasteiger partial charge in [-0.2, -0.15) is 0 Å². The van der Waals surface area contributed by atoms with E-state index in [4.69, 9.17) is 9.05 Å². The summed E-state index contributed by atoms with van der Waals surface area (Å²) in [6.07, 6.45) is 71.7. The molecule has 0 fully saturated rings. The average Bonchev–Trinajstić information content (AvgIpc) is 3.35. The predicted molar refractivity (Wildman–Crippen MR) is 318 cm³/mol. The third-order valence-electron chi connectivity index (χ3n) is 14.9. The van der Waals surface area contributed by atoms with Crippen LogP contribution in [0.4, 0.5) is 0 Å². The number of hydrogen-bond donors (Lipinski definition) is 3. The lowest BCUT2D eigenvalue weighted by Gasteiger charge is -2.25. The summed E-state index contributed by atoms with van der Waals surface area (Å²) in [6, 6.07) is -0.861. The van der Waals surface area contributed by atoms with Crippen LogP contribution >= 0.6 is 7.82 Å². The van der Waals surface area contributed by atoms with E-state index < -0.39 is 20.0 Å². The number of aliphatic hydroxyl groups is 1. The topological polar surface area (TPSA) is 105 Å². The summed E-state index contributed by atoms with van der Waals surface area (Å²) >= 11 is 0. The van der Waals surface area contributed by atoms with Gasteiger partial charge in [0.2, 0.25) is 5.91 Å². The molecule has 1 amide bonds. The Hall–Kier alpha value is -1.02. The molecule has 0 aromatic carbocycles. The maximum absolute atomic E-state index is 13.0. The average molecular weight is 1050 g/mol. The van der Waals surface area contributed by atoms with Crippen molar-refractivity contribution in [1.29, 1.82) is 0 Å². The zero-order valence-electron chi connectivity index (χ0n) is 49.7. The second-order valence-electron chi connectivity index (χ2n) is 23.5. The Morgan fingerprint density at radius 1 is 0.452 bits per heavy atom. The largest absolute Gasteiger partial charge is 0.472 e. The van der Waals surface area contributed by atoms with Crippen molar-refractivity contribution >= 4 is 13.7 Å². The Labute approximate surface area is 455 Å². The number of nitrogens with one attached hydrogen (secondary N) is 1. The fourth-order valence-electron chi connectivity index (χ4n) is 9.89. The Morgan fingerprint density at radius 3 is 1.10 bits per heavy atom. The van der Waals surface area contributed by atoms with E-state index in [0.29, 0.717) is 17.4 Å². The lowest BCUT2D eigenvalue weighted by molar-refractivity contribution is -0.870. The van der Waals surface area contributed by atoms with Crippen LogP contribution in [0.1, 0.15) is 328 Å². The molecule has 0 bridgehead atoms. The smallest absolute Gasteiger partial charge is 0.387 e. The molecular formula is C64H128N2O6P+. The highest BCUT2D eigenvalue weighted by atomic mass is 31.2. The van der Waals surface area contributed by atoms with Gasteiger partial charge in [0.05, 0.1) is 39.9 Å². The van der Waals surface area contributed by atoms with Crippen LogP contribution < -0.4 is 5.32 Å². The number of quaternary nitrogens is 1. The van der Waals surface area contributed by atoms with Gasteiger partial charge in [0, 0.05) is 6.42 Å². The van der Waals surface area contributed by atoms with Crippen molar-refractivity contribution in [2.24, 2.45) is 0 Å². The number of allylic oxidation sites excluding steroid dienone is 3. The SMILES string of the molecule is CCCCCCCCCCCCCCCCCCC/C=C/CC/C=C/C(O)C(COP(=O)(O)OCC[N+](C)(C)C)NC(=O)CCCCCCCCCCCCCCCCCCCCCCCCCCCCCC. The minimum Gasteiger partial charge on any atom is -0.387 e. The Bertz CT molecular complexity index is 1240. The molecule has 3 N–H and O–H groups in total. The van der Waals surface area contributed by atoms with E-state index in [1.54, 1.807) is 6.08 Å². The molecule has 0 aliphatic heterocycles. The Kier molecular flexibility index (Phi) is 54.9. The van der Waals surface area contributed by atoms with Gasteiger partial charge >= 0.3 is 7.82 Å².